The first-order valence-corrected chi connectivity index (χ1v) is 10.2. The molecule has 3 nitrogen and oxygen atoms in total. The van der Waals surface area contributed by atoms with Gasteiger partial charge in [-0.05, 0) is 30.2 Å². The van der Waals surface area contributed by atoms with Crippen molar-refractivity contribution in [2.75, 3.05) is 26.2 Å². The van der Waals surface area contributed by atoms with E-state index in [1.807, 2.05) is 12.1 Å². The zero-order valence-electron chi connectivity index (χ0n) is 15.6. The Hall–Kier alpha value is -2.08. The topological polar surface area (TPSA) is 19.4 Å². The Kier molecular flexibility index (Phi) is 5.62. The molecule has 3 aromatic rings. The van der Waals surface area contributed by atoms with Gasteiger partial charge in [0.2, 0.25) is 0 Å². The number of piperazine rings is 1. The first-order valence-electron chi connectivity index (χ1n) is 9.37. The van der Waals surface area contributed by atoms with Crippen LogP contribution in [0.25, 0.3) is 10.6 Å². The summed E-state index contributed by atoms with van der Waals surface area (Å²) < 4.78 is 13.0. The number of thiazole rings is 1. The standard InChI is InChI=1S/C22H24FN3S/c1-17-4-2-3-5-21(17)22-24-20(16-27-22)15-26-12-10-25(11-13-26)14-18-6-8-19(23)9-7-18/h2-9,16H,10-15H2,1H3. The molecule has 1 aliphatic heterocycles. The van der Waals surface area contributed by atoms with Crippen molar-refractivity contribution in [1.29, 1.82) is 0 Å². The lowest BCUT2D eigenvalue weighted by Gasteiger charge is -2.34. The maximum absolute atomic E-state index is 13.0. The maximum Gasteiger partial charge on any atom is 0.123 e. The molecule has 1 fully saturated rings. The fourth-order valence-electron chi connectivity index (χ4n) is 3.50. The molecule has 0 atom stereocenters. The Bertz CT molecular complexity index is 883. The fourth-order valence-corrected chi connectivity index (χ4v) is 4.40. The maximum atomic E-state index is 13.0. The number of aryl methyl sites for hydroxylation is 1. The summed E-state index contributed by atoms with van der Waals surface area (Å²) in [5.41, 5.74) is 4.84. The summed E-state index contributed by atoms with van der Waals surface area (Å²) in [7, 11) is 0. The van der Waals surface area contributed by atoms with Gasteiger partial charge in [-0.2, -0.15) is 0 Å². The molecule has 5 heteroatoms. The molecule has 0 saturated carbocycles. The molecule has 0 bridgehead atoms. The van der Waals surface area contributed by atoms with Crippen molar-refractivity contribution >= 4 is 11.3 Å². The molecule has 2 aromatic carbocycles. The third kappa shape index (κ3) is 4.61. The molecule has 1 aromatic heterocycles. The van der Waals surface area contributed by atoms with Crippen LogP contribution < -0.4 is 0 Å². The lowest BCUT2D eigenvalue weighted by Crippen LogP contribution is -2.45. The number of hydrogen-bond donors (Lipinski definition) is 0. The van der Waals surface area contributed by atoms with Gasteiger partial charge < -0.3 is 0 Å². The van der Waals surface area contributed by atoms with Crippen LogP contribution in [-0.4, -0.2) is 41.0 Å². The van der Waals surface area contributed by atoms with Crippen molar-refractivity contribution < 1.29 is 4.39 Å². The molecule has 0 N–H and O–H groups in total. The monoisotopic (exact) mass is 381 g/mol. The number of hydrogen-bond acceptors (Lipinski definition) is 4. The minimum absolute atomic E-state index is 0.170. The lowest BCUT2D eigenvalue weighted by molar-refractivity contribution is 0.121. The van der Waals surface area contributed by atoms with Crippen molar-refractivity contribution in [2.24, 2.45) is 0 Å². The zero-order chi connectivity index (χ0) is 18.6. The van der Waals surface area contributed by atoms with Crippen LogP contribution in [0.1, 0.15) is 16.8 Å². The first kappa shape index (κ1) is 18.3. The van der Waals surface area contributed by atoms with E-state index in [9.17, 15) is 4.39 Å². The largest absolute Gasteiger partial charge is 0.297 e. The molecular formula is C22H24FN3S. The van der Waals surface area contributed by atoms with Crippen molar-refractivity contribution in [3.05, 3.63) is 76.5 Å². The third-order valence-electron chi connectivity index (χ3n) is 5.10. The number of benzene rings is 2. The zero-order valence-corrected chi connectivity index (χ0v) is 16.4. The molecule has 27 heavy (non-hydrogen) atoms. The number of rotatable bonds is 5. The van der Waals surface area contributed by atoms with Gasteiger partial charge in [0.05, 0.1) is 5.69 Å². The Labute approximate surface area is 164 Å². The number of halogens is 1. The minimum atomic E-state index is -0.170. The van der Waals surface area contributed by atoms with E-state index in [0.29, 0.717) is 0 Å². The molecule has 140 valence electrons. The summed E-state index contributed by atoms with van der Waals surface area (Å²) in [6.45, 7) is 8.08. The van der Waals surface area contributed by atoms with Gasteiger partial charge in [0.25, 0.3) is 0 Å². The molecule has 1 aliphatic rings. The average Bonchev–Trinajstić information content (AvgIpc) is 3.14. The summed E-state index contributed by atoms with van der Waals surface area (Å²) >= 11 is 1.73. The Morgan fingerprint density at radius 1 is 0.926 bits per heavy atom. The molecule has 0 radical (unpaired) electrons. The fraction of sp³-hybridized carbons (Fsp3) is 0.318. The summed E-state index contributed by atoms with van der Waals surface area (Å²) in [6, 6.07) is 15.3. The van der Waals surface area contributed by atoms with Crippen molar-refractivity contribution in [3.63, 3.8) is 0 Å². The van der Waals surface area contributed by atoms with Gasteiger partial charge in [0.1, 0.15) is 10.8 Å². The van der Waals surface area contributed by atoms with Crippen LogP contribution in [0.2, 0.25) is 0 Å². The normalized spacial score (nSPS) is 15.9. The highest BCUT2D eigenvalue weighted by molar-refractivity contribution is 7.13. The van der Waals surface area contributed by atoms with Crippen molar-refractivity contribution in [1.82, 2.24) is 14.8 Å². The van der Waals surface area contributed by atoms with Crippen LogP contribution in [-0.2, 0) is 13.1 Å². The highest BCUT2D eigenvalue weighted by atomic mass is 32.1. The van der Waals surface area contributed by atoms with Crippen LogP contribution in [0.3, 0.4) is 0 Å². The van der Waals surface area contributed by atoms with Crippen molar-refractivity contribution in [2.45, 2.75) is 20.0 Å². The summed E-state index contributed by atoms with van der Waals surface area (Å²) in [5.74, 6) is -0.170. The Morgan fingerprint density at radius 2 is 1.59 bits per heavy atom. The molecule has 0 amide bonds. The van der Waals surface area contributed by atoms with E-state index in [2.05, 4.69) is 46.4 Å². The predicted molar refractivity (Wildman–Crippen MR) is 109 cm³/mol. The molecule has 4 rings (SSSR count). The van der Waals surface area contributed by atoms with E-state index in [4.69, 9.17) is 4.98 Å². The lowest BCUT2D eigenvalue weighted by atomic mass is 10.1. The number of aromatic nitrogens is 1. The van der Waals surface area contributed by atoms with Crippen LogP contribution in [0.5, 0.6) is 0 Å². The molecule has 0 spiro atoms. The minimum Gasteiger partial charge on any atom is -0.297 e. The second kappa shape index (κ2) is 8.30. The molecule has 0 aliphatic carbocycles. The quantitative estimate of drug-likeness (QED) is 0.645. The number of nitrogens with zero attached hydrogens (tertiary/aromatic N) is 3. The van der Waals surface area contributed by atoms with Gasteiger partial charge >= 0.3 is 0 Å². The van der Waals surface area contributed by atoms with E-state index in [0.717, 1.165) is 50.0 Å². The van der Waals surface area contributed by atoms with Gasteiger partial charge in [-0.1, -0.05) is 36.4 Å². The van der Waals surface area contributed by atoms with E-state index in [1.165, 1.54) is 16.7 Å². The van der Waals surface area contributed by atoms with E-state index in [-0.39, 0.29) is 5.82 Å². The highest BCUT2D eigenvalue weighted by Crippen LogP contribution is 2.27. The smallest absolute Gasteiger partial charge is 0.123 e. The Balaban J connectivity index is 1.31. The van der Waals surface area contributed by atoms with E-state index < -0.39 is 0 Å². The van der Waals surface area contributed by atoms with Gasteiger partial charge in [-0.25, -0.2) is 9.37 Å². The van der Waals surface area contributed by atoms with E-state index >= 15 is 0 Å². The highest BCUT2D eigenvalue weighted by Gasteiger charge is 2.18. The van der Waals surface area contributed by atoms with Gasteiger partial charge in [0, 0.05) is 50.2 Å². The van der Waals surface area contributed by atoms with Gasteiger partial charge in [-0.3, -0.25) is 9.80 Å². The van der Waals surface area contributed by atoms with Crippen LogP contribution in [0.4, 0.5) is 4.39 Å². The summed E-state index contributed by atoms with van der Waals surface area (Å²) in [5, 5.41) is 3.30. The summed E-state index contributed by atoms with van der Waals surface area (Å²) in [6.07, 6.45) is 0. The first-order chi connectivity index (χ1) is 13.2. The van der Waals surface area contributed by atoms with Crippen molar-refractivity contribution in [3.8, 4) is 10.6 Å². The summed E-state index contributed by atoms with van der Waals surface area (Å²) in [4.78, 5) is 9.76. The second-order valence-corrected chi connectivity index (χ2v) is 8.00. The van der Waals surface area contributed by atoms with Crippen LogP contribution in [0, 0.1) is 12.7 Å². The second-order valence-electron chi connectivity index (χ2n) is 7.14. The SMILES string of the molecule is Cc1ccccc1-c1nc(CN2CCN(Cc3ccc(F)cc3)CC2)cs1. The van der Waals surface area contributed by atoms with Crippen LogP contribution >= 0.6 is 11.3 Å². The molecule has 0 unspecified atom stereocenters. The predicted octanol–water partition coefficient (Wildman–Crippen LogP) is 4.58. The molecule has 1 saturated heterocycles. The van der Waals surface area contributed by atoms with E-state index in [1.54, 1.807) is 23.5 Å². The molecule has 2 heterocycles. The molecular weight excluding hydrogens is 357 g/mol. The van der Waals surface area contributed by atoms with Gasteiger partial charge in [0.15, 0.2) is 0 Å². The average molecular weight is 382 g/mol. The van der Waals surface area contributed by atoms with Gasteiger partial charge in [-0.15, -0.1) is 11.3 Å². The third-order valence-corrected chi connectivity index (χ3v) is 6.02. The Morgan fingerprint density at radius 3 is 2.30 bits per heavy atom. The van der Waals surface area contributed by atoms with Crippen LogP contribution in [0.15, 0.2) is 53.9 Å².